The van der Waals surface area contributed by atoms with Crippen molar-refractivity contribution in [3.8, 4) is 0 Å². The first-order chi connectivity index (χ1) is 9.79. The van der Waals surface area contributed by atoms with Crippen molar-refractivity contribution < 1.29 is 0 Å². The Morgan fingerprint density at radius 2 is 1.90 bits per heavy atom. The van der Waals surface area contributed by atoms with E-state index >= 15 is 0 Å². The lowest BCUT2D eigenvalue weighted by Crippen LogP contribution is -2.29. The molecule has 2 heterocycles. The standard InChI is InChI=1S/C16H16N4/c1-11-6-7-12(10-19-11)16(20-17)14-8-9-18-15-5-3-2-4-13(14)15/h2-10,16,20H,17H2,1H3. The fraction of sp³-hybridized carbons (Fsp3) is 0.125. The van der Waals surface area contributed by atoms with Crippen LogP contribution in [0.2, 0.25) is 0 Å². The summed E-state index contributed by atoms with van der Waals surface area (Å²) in [4.78, 5) is 8.72. The van der Waals surface area contributed by atoms with Gasteiger partial charge in [-0.25, -0.2) is 5.43 Å². The van der Waals surface area contributed by atoms with E-state index in [1.807, 2.05) is 55.7 Å². The van der Waals surface area contributed by atoms with Crippen molar-refractivity contribution in [3.05, 3.63) is 71.7 Å². The first-order valence-electron chi connectivity index (χ1n) is 6.52. The fourth-order valence-corrected chi connectivity index (χ4v) is 2.39. The molecule has 0 aliphatic carbocycles. The monoisotopic (exact) mass is 264 g/mol. The minimum absolute atomic E-state index is 0.101. The quantitative estimate of drug-likeness (QED) is 0.563. The predicted molar refractivity (Wildman–Crippen MR) is 79.9 cm³/mol. The molecule has 3 aromatic rings. The van der Waals surface area contributed by atoms with Gasteiger partial charge in [0.05, 0.1) is 11.6 Å². The summed E-state index contributed by atoms with van der Waals surface area (Å²) in [5, 5.41) is 1.10. The van der Waals surface area contributed by atoms with E-state index in [2.05, 4.69) is 21.5 Å². The van der Waals surface area contributed by atoms with E-state index < -0.39 is 0 Å². The Morgan fingerprint density at radius 3 is 2.65 bits per heavy atom. The van der Waals surface area contributed by atoms with Crippen LogP contribution in [0, 0.1) is 6.92 Å². The maximum Gasteiger partial charge on any atom is 0.0732 e. The molecule has 1 aromatic carbocycles. The molecule has 4 heteroatoms. The molecule has 4 nitrogen and oxygen atoms in total. The van der Waals surface area contributed by atoms with Crippen LogP contribution in [0.3, 0.4) is 0 Å². The molecule has 0 spiro atoms. The molecule has 0 radical (unpaired) electrons. The summed E-state index contributed by atoms with van der Waals surface area (Å²) in [5.41, 5.74) is 6.97. The Labute approximate surface area is 117 Å². The number of para-hydroxylation sites is 1. The molecule has 0 amide bonds. The Balaban J connectivity index is 2.14. The molecule has 0 aliphatic heterocycles. The molecule has 0 aliphatic rings. The second kappa shape index (κ2) is 5.36. The highest BCUT2D eigenvalue weighted by atomic mass is 15.2. The van der Waals surface area contributed by atoms with Gasteiger partial charge in [0, 0.05) is 23.5 Å². The zero-order chi connectivity index (χ0) is 13.9. The Morgan fingerprint density at radius 1 is 1.05 bits per heavy atom. The number of benzene rings is 1. The third kappa shape index (κ3) is 2.27. The summed E-state index contributed by atoms with van der Waals surface area (Å²) in [7, 11) is 0. The number of rotatable bonds is 3. The third-order valence-electron chi connectivity index (χ3n) is 3.43. The Kier molecular flexibility index (Phi) is 3.41. The predicted octanol–water partition coefficient (Wildman–Crippen LogP) is 2.49. The number of hydrazine groups is 1. The molecule has 3 rings (SSSR count). The van der Waals surface area contributed by atoms with Crippen molar-refractivity contribution in [3.63, 3.8) is 0 Å². The van der Waals surface area contributed by atoms with E-state index in [1.54, 1.807) is 0 Å². The first kappa shape index (κ1) is 12.7. The van der Waals surface area contributed by atoms with Gasteiger partial charge in [-0.1, -0.05) is 24.3 Å². The normalized spacial score (nSPS) is 12.5. The largest absolute Gasteiger partial charge is 0.271 e. The number of hydrogen-bond donors (Lipinski definition) is 2. The lowest BCUT2D eigenvalue weighted by Gasteiger charge is -2.18. The average molecular weight is 264 g/mol. The average Bonchev–Trinajstić information content (AvgIpc) is 2.50. The van der Waals surface area contributed by atoms with E-state index in [-0.39, 0.29) is 6.04 Å². The summed E-state index contributed by atoms with van der Waals surface area (Å²) in [6, 6.07) is 14.0. The van der Waals surface area contributed by atoms with Crippen LogP contribution in [0.1, 0.15) is 22.9 Å². The van der Waals surface area contributed by atoms with Crippen molar-refractivity contribution in [2.24, 2.45) is 5.84 Å². The molecular formula is C16H16N4. The van der Waals surface area contributed by atoms with Gasteiger partial charge in [-0.2, -0.15) is 0 Å². The number of hydrogen-bond acceptors (Lipinski definition) is 4. The van der Waals surface area contributed by atoms with Crippen LogP contribution in [0.4, 0.5) is 0 Å². The molecular weight excluding hydrogens is 248 g/mol. The van der Waals surface area contributed by atoms with Gasteiger partial charge in [0.25, 0.3) is 0 Å². The topological polar surface area (TPSA) is 63.8 Å². The minimum Gasteiger partial charge on any atom is -0.271 e. The van der Waals surface area contributed by atoms with Gasteiger partial charge in [-0.05, 0) is 36.2 Å². The van der Waals surface area contributed by atoms with E-state index in [0.29, 0.717) is 0 Å². The minimum atomic E-state index is -0.101. The molecule has 0 bridgehead atoms. The summed E-state index contributed by atoms with van der Waals surface area (Å²) in [6.45, 7) is 1.97. The first-order valence-corrected chi connectivity index (χ1v) is 6.52. The number of fused-ring (bicyclic) bond motifs is 1. The van der Waals surface area contributed by atoms with Crippen molar-refractivity contribution in [2.45, 2.75) is 13.0 Å². The molecule has 2 aromatic heterocycles. The lowest BCUT2D eigenvalue weighted by atomic mass is 9.97. The maximum absolute atomic E-state index is 5.77. The van der Waals surface area contributed by atoms with Crippen LogP contribution in [-0.2, 0) is 0 Å². The van der Waals surface area contributed by atoms with Crippen LogP contribution in [0.5, 0.6) is 0 Å². The highest BCUT2D eigenvalue weighted by Crippen LogP contribution is 2.27. The number of aryl methyl sites for hydroxylation is 1. The van der Waals surface area contributed by atoms with Gasteiger partial charge < -0.3 is 0 Å². The summed E-state index contributed by atoms with van der Waals surface area (Å²) in [5.74, 6) is 5.77. The van der Waals surface area contributed by atoms with E-state index in [0.717, 1.165) is 27.7 Å². The smallest absolute Gasteiger partial charge is 0.0732 e. The van der Waals surface area contributed by atoms with Crippen LogP contribution in [-0.4, -0.2) is 9.97 Å². The van der Waals surface area contributed by atoms with Gasteiger partial charge in [-0.3, -0.25) is 15.8 Å². The molecule has 1 unspecified atom stereocenters. The molecule has 20 heavy (non-hydrogen) atoms. The number of pyridine rings is 2. The number of aromatic nitrogens is 2. The maximum atomic E-state index is 5.77. The van der Waals surface area contributed by atoms with Crippen LogP contribution in [0.25, 0.3) is 10.9 Å². The molecule has 1 atom stereocenters. The van der Waals surface area contributed by atoms with E-state index in [1.165, 1.54) is 0 Å². The lowest BCUT2D eigenvalue weighted by molar-refractivity contribution is 0.638. The van der Waals surface area contributed by atoms with Crippen molar-refractivity contribution in [1.29, 1.82) is 0 Å². The van der Waals surface area contributed by atoms with E-state index in [9.17, 15) is 0 Å². The van der Waals surface area contributed by atoms with Crippen LogP contribution in [0.15, 0.2) is 54.9 Å². The van der Waals surface area contributed by atoms with Gasteiger partial charge in [0.1, 0.15) is 0 Å². The van der Waals surface area contributed by atoms with E-state index in [4.69, 9.17) is 5.84 Å². The Hall–Kier alpha value is -2.30. The van der Waals surface area contributed by atoms with Gasteiger partial charge >= 0.3 is 0 Å². The molecule has 3 N–H and O–H groups in total. The SMILES string of the molecule is Cc1ccc(C(NN)c2ccnc3ccccc23)cn1. The van der Waals surface area contributed by atoms with Crippen LogP contribution < -0.4 is 11.3 Å². The highest BCUT2D eigenvalue weighted by Gasteiger charge is 2.15. The summed E-state index contributed by atoms with van der Waals surface area (Å²) < 4.78 is 0. The number of nitrogens with zero attached hydrogens (tertiary/aromatic N) is 2. The molecule has 100 valence electrons. The zero-order valence-electron chi connectivity index (χ0n) is 11.2. The second-order valence-corrected chi connectivity index (χ2v) is 4.75. The summed E-state index contributed by atoms with van der Waals surface area (Å²) >= 11 is 0. The zero-order valence-corrected chi connectivity index (χ0v) is 11.2. The van der Waals surface area contributed by atoms with Crippen molar-refractivity contribution in [2.75, 3.05) is 0 Å². The second-order valence-electron chi connectivity index (χ2n) is 4.75. The van der Waals surface area contributed by atoms with Crippen molar-refractivity contribution in [1.82, 2.24) is 15.4 Å². The van der Waals surface area contributed by atoms with Crippen LogP contribution >= 0.6 is 0 Å². The Bertz CT molecular complexity index is 717. The molecule has 0 fully saturated rings. The van der Waals surface area contributed by atoms with Gasteiger partial charge in [-0.15, -0.1) is 0 Å². The van der Waals surface area contributed by atoms with Gasteiger partial charge in [0.15, 0.2) is 0 Å². The van der Waals surface area contributed by atoms with Gasteiger partial charge in [0.2, 0.25) is 0 Å². The fourth-order valence-electron chi connectivity index (χ4n) is 2.39. The third-order valence-corrected chi connectivity index (χ3v) is 3.43. The molecule has 0 saturated heterocycles. The number of nitrogens with one attached hydrogen (secondary N) is 1. The molecule has 0 saturated carbocycles. The van der Waals surface area contributed by atoms with Crippen molar-refractivity contribution >= 4 is 10.9 Å². The summed E-state index contributed by atoms with van der Waals surface area (Å²) in [6.07, 6.45) is 3.67. The number of nitrogens with two attached hydrogens (primary N) is 1. The highest BCUT2D eigenvalue weighted by molar-refractivity contribution is 5.82.